The van der Waals surface area contributed by atoms with E-state index in [9.17, 15) is 0 Å². The van der Waals surface area contributed by atoms with E-state index >= 15 is 0 Å². The van der Waals surface area contributed by atoms with E-state index in [4.69, 9.17) is 4.42 Å². The van der Waals surface area contributed by atoms with Gasteiger partial charge < -0.3 is 4.42 Å². The van der Waals surface area contributed by atoms with Gasteiger partial charge in [-0.05, 0) is 85.1 Å². The summed E-state index contributed by atoms with van der Waals surface area (Å²) in [6.07, 6.45) is 0. The third kappa shape index (κ3) is 4.50. The molecule has 0 fully saturated rings. The van der Waals surface area contributed by atoms with Crippen LogP contribution in [0.15, 0.2) is 132 Å². The van der Waals surface area contributed by atoms with Crippen molar-refractivity contribution >= 4 is 21.5 Å². The minimum Gasteiger partial charge on any atom is -0.416 e. The SMILES string of the molecule is CC(C)(C)c1ccc2c(-c3ccc(-c4nnc(-c5ccccc5)o4)cc3)c3ccccc3c(-c3ccccc3)c2c1. The summed E-state index contributed by atoms with van der Waals surface area (Å²) in [7, 11) is 0. The van der Waals surface area contributed by atoms with Crippen LogP contribution in [0, 0.1) is 0 Å². The van der Waals surface area contributed by atoms with Crippen molar-refractivity contribution in [2.45, 2.75) is 26.2 Å². The Morgan fingerprint density at radius 1 is 0.439 bits per heavy atom. The Kier molecular flexibility index (Phi) is 6.01. The molecule has 3 heteroatoms. The minimum atomic E-state index is 0.0400. The number of nitrogens with zero attached hydrogens (tertiary/aromatic N) is 2. The summed E-state index contributed by atoms with van der Waals surface area (Å²) in [5.74, 6) is 1.03. The molecule has 0 aliphatic carbocycles. The highest BCUT2D eigenvalue weighted by Gasteiger charge is 2.20. The molecule has 1 heterocycles. The Labute approximate surface area is 240 Å². The Morgan fingerprint density at radius 3 is 1.46 bits per heavy atom. The highest BCUT2D eigenvalue weighted by molar-refractivity contribution is 6.21. The van der Waals surface area contributed by atoms with Crippen LogP contribution >= 0.6 is 0 Å². The molecule has 0 saturated heterocycles. The molecule has 0 spiro atoms. The topological polar surface area (TPSA) is 38.9 Å². The first kappa shape index (κ1) is 25.0. The Bertz CT molecular complexity index is 2000. The largest absolute Gasteiger partial charge is 0.416 e. The zero-order valence-corrected chi connectivity index (χ0v) is 23.4. The van der Waals surface area contributed by atoms with Gasteiger partial charge in [-0.25, -0.2) is 0 Å². The molecule has 0 amide bonds. The van der Waals surface area contributed by atoms with Gasteiger partial charge in [0.15, 0.2) is 0 Å². The number of benzene rings is 6. The molecule has 1 aromatic heterocycles. The number of rotatable bonds is 4. The first-order valence-corrected chi connectivity index (χ1v) is 14.0. The van der Waals surface area contributed by atoms with E-state index in [1.807, 2.05) is 30.3 Å². The van der Waals surface area contributed by atoms with E-state index in [0.29, 0.717) is 11.8 Å². The number of fused-ring (bicyclic) bond motifs is 2. The van der Waals surface area contributed by atoms with Crippen molar-refractivity contribution in [1.29, 1.82) is 0 Å². The van der Waals surface area contributed by atoms with Crippen molar-refractivity contribution in [1.82, 2.24) is 10.2 Å². The lowest BCUT2D eigenvalue weighted by molar-refractivity contribution is 0.584. The highest BCUT2D eigenvalue weighted by atomic mass is 16.4. The molecule has 0 bridgehead atoms. The lowest BCUT2D eigenvalue weighted by atomic mass is 9.81. The zero-order valence-electron chi connectivity index (χ0n) is 23.4. The first-order valence-electron chi connectivity index (χ1n) is 14.0. The van der Waals surface area contributed by atoms with Crippen LogP contribution in [-0.2, 0) is 5.41 Å². The summed E-state index contributed by atoms with van der Waals surface area (Å²) in [6, 6.07) is 44.9. The van der Waals surface area contributed by atoms with Crippen LogP contribution in [0.25, 0.3) is 66.7 Å². The predicted molar refractivity (Wildman–Crippen MR) is 170 cm³/mol. The van der Waals surface area contributed by atoms with Crippen molar-refractivity contribution in [3.05, 3.63) is 133 Å². The molecule has 41 heavy (non-hydrogen) atoms. The van der Waals surface area contributed by atoms with E-state index in [1.165, 1.54) is 43.8 Å². The standard InChI is InChI=1S/C38H30N2O/c1-38(2,3)29-22-23-32-33(24-29)35(25-12-6-4-7-13-25)31-17-11-10-16-30(31)34(32)26-18-20-28(21-19-26)37-40-39-36(41-37)27-14-8-5-9-15-27/h4-24H,1-3H3. The molecular weight excluding hydrogens is 500 g/mol. The second-order valence-corrected chi connectivity index (χ2v) is 11.5. The van der Waals surface area contributed by atoms with E-state index in [-0.39, 0.29) is 5.41 Å². The van der Waals surface area contributed by atoms with Gasteiger partial charge in [0.1, 0.15) is 0 Å². The van der Waals surface area contributed by atoms with Gasteiger partial charge >= 0.3 is 0 Å². The average molecular weight is 531 g/mol. The summed E-state index contributed by atoms with van der Waals surface area (Å²) in [4.78, 5) is 0. The first-order chi connectivity index (χ1) is 20.0. The van der Waals surface area contributed by atoms with Gasteiger partial charge in [-0.1, -0.05) is 118 Å². The normalized spacial score (nSPS) is 11.8. The Morgan fingerprint density at radius 2 is 0.878 bits per heavy atom. The van der Waals surface area contributed by atoms with Gasteiger partial charge in [0.05, 0.1) is 0 Å². The van der Waals surface area contributed by atoms with Crippen LogP contribution in [0.1, 0.15) is 26.3 Å². The van der Waals surface area contributed by atoms with Crippen LogP contribution in [0.2, 0.25) is 0 Å². The third-order valence-corrected chi connectivity index (χ3v) is 7.82. The van der Waals surface area contributed by atoms with Gasteiger partial charge in [-0.2, -0.15) is 0 Å². The van der Waals surface area contributed by atoms with Gasteiger partial charge in [0.2, 0.25) is 11.8 Å². The maximum Gasteiger partial charge on any atom is 0.248 e. The lowest BCUT2D eigenvalue weighted by Crippen LogP contribution is -2.10. The maximum absolute atomic E-state index is 6.03. The smallest absolute Gasteiger partial charge is 0.248 e. The molecule has 7 aromatic rings. The molecule has 0 unspecified atom stereocenters. The lowest BCUT2D eigenvalue weighted by Gasteiger charge is -2.23. The second kappa shape index (κ2) is 9.87. The molecule has 0 aliphatic rings. The van der Waals surface area contributed by atoms with Crippen molar-refractivity contribution in [2.24, 2.45) is 0 Å². The number of aromatic nitrogens is 2. The van der Waals surface area contributed by atoms with E-state index in [0.717, 1.165) is 16.7 Å². The fraction of sp³-hybridized carbons (Fsp3) is 0.105. The molecule has 0 aliphatic heterocycles. The van der Waals surface area contributed by atoms with E-state index in [1.54, 1.807) is 0 Å². The van der Waals surface area contributed by atoms with Crippen LogP contribution < -0.4 is 0 Å². The van der Waals surface area contributed by atoms with Crippen molar-refractivity contribution in [3.8, 4) is 45.2 Å². The predicted octanol–water partition coefficient (Wildman–Crippen LogP) is 10.3. The Balaban J connectivity index is 1.42. The van der Waals surface area contributed by atoms with Crippen molar-refractivity contribution < 1.29 is 4.42 Å². The second-order valence-electron chi connectivity index (χ2n) is 11.5. The van der Waals surface area contributed by atoms with Crippen LogP contribution in [0.5, 0.6) is 0 Å². The summed E-state index contributed by atoms with van der Waals surface area (Å²) < 4.78 is 6.03. The zero-order chi connectivity index (χ0) is 28.0. The summed E-state index contributed by atoms with van der Waals surface area (Å²) in [5.41, 5.74) is 8.07. The Hall–Kier alpha value is -5.02. The molecule has 198 valence electrons. The van der Waals surface area contributed by atoms with E-state index in [2.05, 4.69) is 128 Å². The molecule has 0 N–H and O–H groups in total. The van der Waals surface area contributed by atoms with Crippen LogP contribution in [0.3, 0.4) is 0 Å². The molecule has 0 radical (unpaired) electrons. The van der Waals surface area contributed by atoms with Crippen LogP contribution in [0.4, 0.5) is 0 Å². The third-order valence-electron chi connectivity index (χ3n) is 7.82. The number of hydrogen-bond acceptors (Lipinski definition) is 3. The van der Waals surface area contributed by atoms with Gasteiger partial charge in [0, 0.05) is 11.1 Å². The van der Waals surface area contributed by atoms with Crippen molar-refractivity contribution in [2.75, 3.05) is 0 Å². The number of hydrogen-bond donors (Lipinski definition) is 0. The van der Waals surface area contributed by atoms with Gasteiger partial charge in [-0.3, -0.25) is 0 Å². The van der Waals surface area contributed by atoms with Gasteiger partial charge in [-0.15, -0.1) is 10.2 Å². The molecule has 6 aromatic carbocycles. The highest BCUT2D eigenvalue weighted by Crippen LogP contribution is 2.45. The summed E-state index contributed by atoms with van der Waals surface area (Å²) >= 11 is 0. The van der Waals surface area contributed by atoms with Crippen molar-refractivity contribution in [3.63, 3.8) is 0 Å². The molecule has 3 nitrogen and oxygen atoms in total. The fourth-order valence-electron chi connectivity index (χ4n) is 5.69. The quantitative estimate of drug-likeness (QED) is 0.213. The fourth-order valence-corrected chi connectivity index (χ4v) is 5.69. The molecule has 7 rings (SSSR count). The average Bonchev–Trinajstić information content (AvgIpc) is 3.51. The molecule has 0 saturated carbocycles. The van der Waals surface area contributed by atoms with Gasteiger partial charge in [0.25, 0.3) is 0 Å². The monoisotopic (exact) mass is 530 g/mol. The maximum atomic E-state index is 6.03. The van der Waals surface area contributed by atoms with E-state index < -0.39 is 0 Å². The van der Waals surface area contributed by atoms with Crippen LogP contribution in [-0.4, -0.2) is 10.2 Å². The summed E-state index contributed by atoms with van der Waals surface area (Å²) in [5, 5.41) is 13.6. The molecule has 0 atom stereocenters. The molecular formula is C38H30N2O. The summed E-state index contributed by atoms with van der Waals surface area (Å²) in [6.45, 7) is 6.83. The minimum absolute atomic E-state index is 0.0400.